The molecule has 16 heavy (non-hydrogen) atoms. The molecule has 84 valence electrons. The molecule has 1 unspecified atom stereocenters. The summed E-state index contributed by atoms with van der Waals surface area (Å²) in [7, 11) is 0. The lowest BCUT2D eigenvalue weighted by Crippen LogP contribution is -2.29. The van der Waals surface area contributed by atoms with E-state index in [0.717, 1.165) is 22.6 Å². The summed E-state index contributed by atoms with van der Waals surface area (Å²) in [6.45, 7) is 0. The van der Waals surface area contributed by atoms with Crippen LogP contribution in [0.2, 0.25) is 5.02 Å². The monoisotopic (exact) mass is 236 g/mol. The second-order valence-electron chi connectivity index (χ2n) is 3.61. The normalized spacial score (nSPS) is 12.6. The fraction of sp³-hybridized carbons (Fsp3) is 0.167. The summed E-state index contributed by atoms with van der Waals surface area (Å²) >= 11 is 5.93. The van der Waals surface area contributed by atoms with Gasteiger partial charge in [-0.2, -0.15) is 0 Å². The molecule has 0 spiro atoms. The number of hydrazine groups is 1. The van der Waals surface area contributed by atoms with Crippen molar-refractivity contribution in [3.63, 3.8) is 0 Å². The standard InChI is InChI=1S/C12H13ClN2O/c13-11-3-1-2-9(6-11)7-12(15-14)10-4-5-16-8-10/h1-6,8,12,15H,7,14H2. The van der Waals surface area contributed by atoms with Crippen molar-refractivity contribution in [3.8, 4) is 0 Å². The molecule has 0 saturated heterocycles. The maximum atomic E-state index is 5.93. The number of nitrogens with two attached hydrogens (primary N) is 1. The molecule has 0 aliphatic carbocycles. The zero-order chi connectivity index (χ0) is 11.4. The van der Waals surface area contributed by atoms with Gasteiger partial charge in [0, 0.05) is 10.6 Å². The van der Waals surface area contributed by atoms with Crippen LogP contribution in [0.3, 0.4) is 0 Å². The zero-order valence-electron chi connectivity index (χ0n) is 8.69. The van der Waals surface area contributed by atoms with Gasteiger partial charge in [0.25, 0.3) is 0 Å². The molecule has 4 heteroatoms. The Morgan fingerprint density at radius 2 is 2.25 bits per heavy atom. The molecule has 0 amide bonds. The van der Waals surface area contributed by atoms with E-state index in [1.54, 1.807) is 12.5 Å². The molecule has 0 bridgehead atoms. The van der Waals surface area contributed by atoms with E-state index >= 15 is 0 Å². The predicted molar refractivity (Wildman–Crippen MR) is 63.9 cm³/mol. The van der Waals surface area contributed by atoms with Crippen LogP contribution in [-0.2, 0) is 6.42 Å². The van der Waals surface area contributed by atoms with Crippen molar-refractivity contribution >= 4 is 11.6 Å². The number of halogens is 1. The van der Waals surface area contributed by atoms with E-state index in [4.69, 9.17) is 21.9 Å². The summed E-state index contributed by atoms with van der Waals surface area (Å²) in [6.07, 6.45) is 4.10. The van der Waals surface area contributed by atoms with E-state index in [2.05, 4.69) is 5.43 Å². The lowest BCUT2D eigenvalue weighted by molar-refractivity contribution is 0.525. The molecule has 1 aromatic carbocycles. The summed E-state index contributed by atoms with van der Waals surface area (Å²) in [5, 5.41) is 0.737. The predicted octanol–water partition coefficient (Wildman–Crippen LogP) is 2.68. The molecule has 2 aromatic rings. The Hall–Kier alpha value is -1.29. The van der Waals surface area contributed by atoms with Gasteiger partial charge in [-0.15, -0.1) is 0 Å². The van der Waals surface area contributed by atoms with Crippen LogP contribution < -0.4 is 11.3 Å². The molecule has 1 atom stereocenters. The first kappa shape index (κ1) is 11.2. The van der Waals surface area contributed by atoms with Crippen molar-refractivity contribution in [1.29, 1.82) is 0 Å². The van der Waals surface area contributed by atoms with E-state index in [-0.39, 0.29) is 6.04 Å². The number of benzene rings is 1. The molecule has 0 aliphatic heterocycles. The van der Waals surface area contributed by atoms with Crippen LogP contribution in [0.1, 0.15) is 17.2 Å². The second kappa shape index (κ2) is 5.16. The summed E-state index contributed by atoms with van der Waals surface area (Å²) in [5.41, 5.74) is 4.94. The first-order valence-electron chi connectivity index (χ1n) is 5.02. The van der Waals surface area contributed by atoms with Gasteiger partial charge in [-0.25, -0.2) is 0 Å². The van der Waals surface area contributed by atoms with Gasteiger partial charge in [0.05, 0.1) is 18.6 Å². The van der Waals surface area contributed by atoms with Crippen molar-refractivity contribution in [2.45, 2.75) is 12.5 Å². The number of hydrogen-bond acceptors (Lipinski definition) is 3. The van der Waals surface area contributed by atoms with Crippen LogP contribution in [0.15, 0.2) is 47.3 Å². The summed E-state index contributed by atoms with van der Waals surface area (Å²) < 4.78 is 5.04. The van der Waals surface area contributed by atoms with Gasteiger partial charge in [-0.3, -0.25) is 11.3 Å². The van der Waals surface area contributed by atoms with Crippen LogP contribution in [0.4, 0.5) is 0 Å². The largest absolute Gasteiger partial charge is 0.472 e. The lowest BCUT2D eigenvalue weighted by atomic mass is 10.0. The highest BCUT2D eigenvalue weighted by molar-refractivity contribution is 6.30. The fourth-order valence-corrected chi connectivity index (χ4v) is 1.86. The van der Waals surface area contributed by atoms with E-state index in [1.165, 1.54) is 0 Å². The SMILES string of the molecule is NNC(Cc1cccc(Cl)c1)c1ccoc1. The molecule has 3 N–H and O–H groups in total. The molecule has 2 rings (SSSR count). The van der Waals surface area contributed by atoms with Crippen molar-refractivity contribution < 1.29 is 4.42 Å². The molecule has 0 saturated carbocycles. The van der Waals surface area contributed by atoms with Crippen molar-refractivity contribution in [2.24, 2.45) is 5.84 Å². The first-order valence-corrected chi connectivity index (χ1v) is 5.40. The van der Waals surface area contributed by atoms with E-state index in [0.29, 0.717) is 0 Å². The topological polar surface area (TPSA) is 51.2 Å². The lowest BCUT2D eigenvalue weighted by Gasteiger charge is -2.14. The second-order valence-corrected chi connectivity index (χ2v) is 4.05. The number of furan rings is 1. The Morgan fingerprint density at radius 1 is 1.38 bits per heavy atom. The summed E-state index contributed by atoms with van der Waals surface area (Å²) in [5.74, 6) is 5.53. The Balaban J connectivity index is 2.13. The number of nitrogens with one attached hydrogen (secondary N) is 1. The Morgan fingerprint density at radius 3 is 2.88 bits per heavy atom. The molecule has 1 aromatic heterocycles. The smallest absolute Gasteiger partial charge is 0.0950 e. The van der Waals surface area contributed by atoms with E-state index < -0.39 is 0 Å². The molecule has 0 radical (unpaired) electrons. The maximum absolute atomic E-state index is 5.93. The van der Waals surface area contributed by atoms with Gasteiger partial charge >= 0.3 is 0 Å². The summed E-state index contributed by atoms with van der Waals surface area (Å²) in [6, 6.07) is 9.68. The van der Waals surface area contributed by atoms with Crippen LogP contribution in [-0.4, -0.2) is 0 Å². The van der Waals surface area contributed by atoms with Crippen LogP contribution in [0.5, 0.6) is 0 Å². The van der Waals surface area contributed by atoms with Gasteiger partial charge in [-0.1, -0.05) is 23.7 Å². The van der Waals surface area contributed by atoms with Gasteiger partial charge in [0.1, 0.15) is 0 Å². The summed E-state index contributed by atoms with van der Waals surface area (Å²) in [4.78, 5) is 0. The molecule has 1 heterocycles. The average Bonchev–Trinajstić information content (AvgIpc) is 2.79. The highest BCUT2D eigenvalue weighted by atomic mass is 35.5. The van der Waals surface area contributed by atoms with Crippen molar-refractivity contribution in [3.05, 3.63) is 59.0 Å². The number of hydrogen-bond donors (Lipinski definition) is 2. The quantitative estimate of drug-likeness (QED) is 0.634. The molecular formula is C12H13ClN2O. The third-order valence-electron chi connectivity index (χ3n) is 2.48. The van der Waals surface area contributed by atoms with Gasteiger partial charge in [-0.05, 0) is 30.2 Å². The van der Waals surface area contributed by atoms with E-state index in [9.17, 15) is 0 Å². The van der Waals surface area contributed by atoms with Gasteiger partial charge in [0.2, 0.25) is 0 Å². The molecule has 0 aliphatic rings. The zero-order valence-corrected chi connectivity index (χ0v) is 9.45. The molecule has 0 fully saturated rings. The van der Waals surface area contributed by atoms with Gasteiger partial charge < -0.3 is 4.42 Å². The van der Waals surface area contributed by atoms with E-state index in [1.807, 2.05) is 30.3 Å². The number of rotatable bonds is 4. The van der Waals surface area contributed by atoms with Crippen molar-refractivity contribution in [1.82, 2.24) is 5.43 Å². The average molecular weight is 237 g/mol. The van der Waals surface area contributed by atoms with Crippen LogP contribution in [0.25, 0.3) is 0 Å². The first-order chi connectivity index (χ1) is 7.79. The Kier molecular flexibility index (Phi) is 3.62. The van der Waals surface area contributed by atoms with Gasteiger partial charge in [0.15, 0.2) is 0 Å². The third kappa shape index (κ3) is 2.64. The minimum Gasteiger partial charge on any atom is -0.472 e. The Labute approximate surface area is 99.2 Å². The van der Waals surface area contributed by atoms with Crippen LogP contribution in [0, 0.1) is 0 Å². The minimum atomic E-state index is 0.0391. The minimum absolute atomic E-state index is 0.0391. The highest BCUT2D eigenvalue weighted by Gasteiger charge is 2.11. The molecular weight excluding hydrogens is 224 g/mol. The molecule has 3 nitrogen and oxygen atoms in total. The Bertz CT molecular complexity index is 442. The fourth-order valence-electron chi connectivity index (χ4n) is 1.65. The van der Waals surface area contributed by atoms with Crippen molar-refractivity contribution in [2.75, 3.05) is 0 Å². The maximum Gasteiger partial charge on any atom is 0.0950 e. The van der Waals surface area contributed by atoms with Crippen LogP contribution >= 0.6 is 11.6 Å². The highest BCUT2D eigenvalue weighted by Crippen LogP contribution is 2.20. The third-order valence-corrected chi connectivity index (χ3v) is 2.71.